The fraction of sp³-hybridized carbons (Fsp3) is 0.294. The molecule has 7 nitrogen and oxygen atoms in total. The van der Waals surface area contributed by atoms with E-state index >= 15 is 0 Å². The van der Waals surface area contributed by atoms with E-state index in [1.165, 1.54) is 22.6 Å². The molecule has 136 valence electrons. The van der Waals surface area contributed by atoms with Crippen LogP contribution in [0.2, 0.25) is 0 Å². The normalized spacial score (nSPS) is 15.2. The third-order valence-electron chi connectivity index (χ3n) is 4.69. The highest BCUT2D eigenvalue weighted by Crippen LogP contribution is 2.31. The molecule has 0 spiro atoms. The van der Waals surface area contributed by atoms with Gasteiger partial charge in [0.1, 0.15) is 11.6 Å². The van der Waals surface area contributed by atoms with Gasteiger partial charge in [-0.25, -0.2) is 17.8 Å². The van der Waals surface area contributed by atoms with Gasteiger partial charge in [0, 0.05) is 49.6 Å². The fourth-order valence-corrected chi connectivity index (χ4v) is 4.57. The number of hydrogen-bond donors (Lipinski definition) is 1. The number of imidazole rings is 1. The van der Waals surface area contributed by atoms with Crippen molar-refractivity contribution in [3.05, 3.63) is 53.4 Å². The molecule has 26 heavy (non-hydrogen) atoms. The molecule has 9 heteroatoms. The predicted octanol–water partition coefficient (Wildman–Crippen LogP) is 2.00. The number of H-pyrrole nitrogens is 1. The first-order valence-electron chi connectivity index (χ1n) is 8.18. The maximum absolute atomic E-state index is 13.6. The number of fused-ring (bicyclic) bond motifs is 1. The van der Waals surface area contributed by atoms with Gasteiger partial charge in [-0.05, 0) is 19.1 Å². The molecule has 0 saturated heterocycles. The van der Waals surface area contributed by atoms with E-state index in [2.05, 4.69) is 15.2 Å². The molecule has 4 rings (SSSR count). The standard InChI is InChI=1S/C17H18FN5O2S/c1-11-19-16(10-22(11)2)26(24,25)23-7-6-15-14(9-23)17(21-20-15)12-4-3-5-13(18)8-12/h3-5,8,10H,6-7,9H2,1-2H3,(H,20,21). The summed E-state index contributed by atoms with van der Waals surface area (Å²) in [5, 5.41) is 7.28. The lowest BCUT2D eigenvalue weighted by molar-refractivity contribution is 0.388. The second-order valence-corrected chi connectivity index (χ2v) is 8.25. The Hall–Kier alpha value is -2.52. The number of aromatic nitrogens is 4. The van der Waals surface area contributed by atoms with Gasteiger partial charge in [-0.1, -0.05) is 12.1 Å². The van der Waals surface area contributed by atoms with Gasteiger partial charge >= 0.3 is 0 Å². The number of aryl methyl sites for hydroxylation is 2. The monoisotopic (exact) mass is 375 g/mol. The highest BCUT2D eigenvalue weighted by Gasteiger charge is 2.33. The van der Waals surface area contributed by atoms with Crippen LogP contribution in [0, 0.1) is 12.7 Å². The molecule has 3 aromatic rings. The Bertz CT molecular complexity index is 1070. The number of nitrogens with one attached hydrogen (secondary N) is 1. The zero-order valence-electron chi connectivity index (χ0n) is 14.4. The summed E-state index contributed by atoms with van der Waals surface area (Å²) in [6.07, 6.45) is 2.03. The number of halogens is 1. The van der Waals surface area contributed by atoms with E-state index in [0.29, 0.717) is 30.0 Å². The summed E-state index contributed by atoms with van der Waals surface area (Å²) in [6, 6.07) is 6.13. The van der Waals surface area contributed by atoms with Gasteiger partial charge in [-0.2, -0.15) is 9.40 Å². The molecule has 0 atom stereocenters. The minimum atomic E-state index is -3.71. The van der Waals surface area contributed by atoms with Crippen molar-refractivity contribution in [2.75, 3.05) is 6.54 Å². The SMILES string of the molecule is Cc1nc(S(=O)(=O)N2CCc3[nH]nc(-c4cccc(F)c4)c3C2)cn1C. The molecular weight excluding hydrogens is 357 g/mol. The topological polar surface area (TPSA) is 83.9 Å². The summed E-state index contributed by atoms with van der Waals surface area (Å²) in [5.41, 5.74) is 2.86. The summed E-state index contributed by atoms with van der Waals surface area (Å²) in [5.74, 6) is 0.272. The number of aromatic amines is 1. The predicted molar refractivity (Wildman–Crippen MR) is 93.2 cm³/mol. The van der Waals surface area contributed by atoms with Crippen molar-refractivity contribution >= 4 is 10.0 Å². The molecule has 2 aromatic heterocycles. The molecule has 0 aliphatic carbocycles. The van der Waals surface area contributed by atoms with Crippen LogP contribution in [0.1, 0.15) is 17.1 Å². The maximum Gasteiger partial charge on any atom is 0.262 e. The van der Waals surface area contributed by atoms with Crippen LogP contribution in [0.25, 0.3) is 11.3 Å². The largest absolute Gasteiger partial charge is 0.337 e. The molecule has 0 amide bonds. The Kier molecular flexibility index (Phi) is 3.92. The molecule has 1 N–H and O–H groups in total. The summed E-state index contributed by atoms with van der Waals surface area (Å²) in [6.45, 7) is 2.27. The molecule has 0 saturated carbocycles. The maximum atomic E-state index is 13.6. The van der Waals surface area contributed by atoms with Crippen molar-refractivity contribution in [2.24, 2.45) is 7.05 Å². The van der Waals surface area contributed by atoms with Crippen LogP contribution in [0.3, 0.4) is 0 Å². The fourth-order valence-electron chi connectivity index (χ4n) is 3.13. The van der Waals surface area contributed by atoms with E-state index in [1.54, 1.807) is 30.7 Å². The van der Waals surface area contributed by atoms with Crippen molar-refractivity contribution in [1.29, 1.82) is 0 Å². The van der Waals surface area contributed by atoms with Crippen LogP contribution in [0.15, 0.2) is 35.5 Å². The van der Waals surface area contributed by atoms with Crippen LogP contribution in [-0.2, 0) is 30.0 Å². The smallest absolute Gasteiger partial charge is 0.262 e. The first kappa shape index (κ1) is 16.9. The molecular formula is C17H18FN5O2S. The summed E-state index contributed by atoms with van der Waals surface area (Å²) in [4.78, 5) is 4.15. The van der Waals surface area contributed by atoms with Gasteiger partial charge in [0.2, 0.25) is 0 Å². The molecule has 0 unspecified atom stereocenters. The minimum Gasteiger partial charge on any atom is -0.337 e. The van der Waals surface area contributed by atoms with Crippen molar-refractivity contribution < 1.29 is 12.8 Å². The number of nitrogens with zero attached hydrogens (tertiary/aromatic N) is 4. The molecule has 0 fully saturated rings. The molecule has 0 radical (unpaired) electrons. The van der Waals surface area contributed by atoms with E-state index in [0.717, 1.165) is 11.3 Å². The van der Waals surface area contributed by atoms with Crippen LogP contribution in [0.5, 0.6) is 0 Å². The van der Waals surface area contributed by atoms with Crippen molar-refractivity contribution in [2.45, 2.75) is 24.9 Å². The molecule has 1 aliphatic heterocycles. The zero-order chi connectivity index (χ0) is 18.5. The lowest BCUT2D eigenvalue weighted by Gasteiger charge is -2.25. The molecule has 3 heterocycles. The lowest BCUT2D eigenvalue weighted by Crippen LogP contribution is -2.36. The molecule has 0 bridgehead atoms. The molecule has 1 aliphatic rings. The summed E-state index contributed by atoms with van der Waals surface area (Å²) < 4.78 is 42.5. The Morgan fingerprint density at radius 2 is 2.12 bits per heavy atom. The zero-order valence-corrected chi connectivity index (χ0v) is 15.2. The average molecular weight is 375 g/mol. The van der Waals surface area contributed by atoms with E-state index < -0.39 is 10.0 Å². The van der Waals surface area contributed by atoms with Gasteiger partial charge in [0.05, 0.1) is 5.69 Å². The van der Waals surface area contributed by atoms with Crippen molar-refractivity contribution in [3.8, 4) is 11.3 Å². The Morgan fingerprint density at radius 1 is 1.31 bits per heavy atom. The van der Waals surface area contributed by atoms with E-state index in [1.807, 2.05) is 0 Å². The number of sulfonamides is 1. The van der Waals surface area contributed by atoms with Crippen LogP contribution in [-0.4, -0.2) is 39.0 Å². The first-order chi connectivity index (χ1) is 12.4. The minimum absolute atomic E-state index is 0.0387. The second-order valence-electron chi connectivity index (χ2n) is 6.37. The van der Waals surface area contributed by atoms with Crippen LogP contribution >= 0.6 is 0 Å². The number of benzene rings is 1. The van der Waals surface area contributed by atoms with Gasteiger partial charge in [-0.15, -0.1) is 0 Å². The Balaban J connectivity index is 1.71. The highest BCUT2D eigenvalue weighted by molar-refractivity contribution is 7.89. The van der Waals surface area contributed by atoms with Gasteiger partial charge in [0.15, 0.2) is 5.03 Å². The van der Waals surface area contributed by atoms with Crippen LogP contribution in [0.4, 0.5) is 4.39 Å². The van der Waals surface area contributed by atoms with Gasteiger partial charge in [0.25, 0.3) is 10.0 Å². The van der Waals surface area contributed by atoms with E-state index in [-0.39, 0.29) is 17.4 Å². The third-order valence-corrected chi connectivity index (χ3v) is 6.40. The second kappa shape index (κ2) is 6.03. The summed E-state index contributed by atoms with van der Waals surface area (Å²) >= 11 is 0. The summed E-state index contributed by atoms with van der Waals surface area (Å²) in [7, 11) is -1.95. The number of rotatable bonds is 3. The molecule has 1 aromatic carbocycles. The van der Waals surface area contributed by atoms with Gasteiger partial charge in [-0.3, -0.25) is 5.10 Å². The Morgan fingerprint density at radius 3 is 2.81 bits per heavy atom. The average Bonchev–Trinajstić information content (AvgIpc) is 3.18. The van der Waals surface area contributed by atoms with Crippen molar-refractivity contribution in [1.82, 2.24) is 24.1 Å². The third kappa shape index (κ3) is 2.73. The van der Waals surface area contributed by atoms with E-state index in [9.17, 15) is 12.8 Å². The van der Waals surface area contributed by atoms with E-state index in [4.69, 9.17) is 0 Å². The Labute approximate surface area is 150 Å². The van der Waals surface area contributed by atoms with Crippen LogP contribution < -0.4 is 0 Å². The first-order valence-corrected chi connectivity index (χ1v) is 9.62. The quantitative estimate of drug-likeness (QED) is 0.759. The van der Waals surface area contributed by atoms with Gasteiger partial charge < -0.3 is 4.57 Å². The van der Waals surface area contributed by atoms with Crippen molar-refractivity contribution in [3.63, 3.8) is 0 Å². The highest BCUT2D eigenvalue weighted by atomic mass is 32.2. The lowest BCUT2D eigenvalue weighted by atomic mass is 10.0. The number of hydrogen-bond acceptors (Lipinski definition) is 4.